The maximum atomic E-state index is 12.4. The number of carbonyl (C=O) groups is 1. The van der Waals surface area contributed by atoms with E-state index < -0.39 is 10.0 Å². The van der Waals surface area contributed by atoms with Gasteiger partial charge in [-0.15, -0.1) is 0 Å². The molecule has 0 aromatic heterocycles. The van der Waals surface area contributed by atoms with Crippen molar-refractivity contribution in [2.24, 2.45) is 5.92 Å². The van der Waals surface area contributed by atoms with E-state index in [9.17, 15) is 13.2 Å². The minimum atomic E-state index is -3.47. The fourth-order valence-corrected chi connectivity index (χ4v) is 4.98. The van der Waals surface area contributed by atoms with Gasteiger partial charge in [0.15, 0.2) is 0 Å². The molecule has 1 amide bonds. The molecule has 1 saturated heterocycles. The Morgan fingerprint density at radius 1 is 1.04 bits per heavy atom. The van der Waals surface area contributed by atoms with E-state index in [0.717, 1.165) is 38.6 Å². The van der Waals surface area contributed by atoms with Crippen LogP contribution in [-0.4, -0.2) is 39.0 Å². The number of hydrogen-bond donors (Lipinski definition) is 4. The SMILES string of the molecule is O=C(NC1CCC2NNCC2C1)c1ccc(S(=O)(=O)NC2CC2)cc1. The van der Waals surface area contributed by atoms with Crippen LogP contribution in [0, 0.1) is 5.92 Å². The highest BCUT2D eigenvalue weighted by Gasteiger charge is 2.34. The Kier molecular flexibility index (Phi) is 4.53. The largest absolute Gasteiger partial charge is 0.349 e. The summed E-state index contributed by atoms with van der Waals surface area (Å²) in [5, 5.41) is 3.09. The first-order chi connectivity index (χ1) is 12.0. The lowest BCUT2D eigenvalue weighted by Gasteiger charge is -2.31. The molecule has 0 bridgehead atoms. The standard InChI is InChI=1S/C17H24N4O3S/c22-17(19-14-5-8-16-12(9-14)10-18-20-16)11-1-6-15(7-2-11)25(23,24)21-13-3-4-13/h1-2,6-7,12-14,16,18,20-21H,3-5,8-10H2,(H,19,22). The minimum absolute atomic E-state index is 0.0719. The topological polar surface area (TPSA) is 99.3 Å². The molecule has 0 radical (unpaired) electrons. The predicted octanol–water partition coefficient (Wildman–Crippen LogP) is 0.502. The third kappa shape index (κ3) is 3.87. The fraction of sp³-hybridized carbons (Fsp3) is 0.588. The first kappa shape index (κ1) is 17.0. The second-order valence-corrected chi connectivity index (χ2v) is 9.01. The summed E-state index contributed by atoms with van der Waals surface area (Å²) in [5.74, 6) is 0.418. The quantitative estimate of drug-likeness (QED) is 0.610. The van der Waals surface area contributed by atoms with E-state index in [1.54, 1.807) is 12.1 Å². The van der Waals surface area contributed by atoms with E-state index in [4.69, 9.17) is 0 Å². The highest BCUT2D eigenvalue weighted by molar-refractivity contribution is 7.89. The van der Waals surface area contributed by atoms with Crippen LogP contribution in [0.4, 0.5) is 0 Å². The van der Waals surface area contributed by atoms with Gasteiger partial charge in [-0.1, -0.05) is 0 Å². The van der Waals surface area contributed by atoms with Crippen LogP contribution >= 0.6 is 0 Å². The summed E-state index contributed by atoms with van der Waals surface area (Å²) in [6.07, 6.45) is 4.77. The lowest BCUT2D eigenvalue weighted by atomic mass is 9.83. The van der Waals surface area contributed by atoms with Crippen molar-refractivity contribution in [2.45, 2.75) is 55.1 Å². The summed E-state index contributed by atoms with van der Waals surface area (Å²) in [6, 6.07) is 6.93. The predicted molar refractivity (Wildman–Crippen MR) is 93.3 cm³/mol. The van der Waals surface area contributed by atoms with Crippen LogP contribution in [-0.2, 0) is 10.0 Å². The Morgan fingerprint density at radius 3 is 2.48 bits per heavy atom. The summed E-state index contributed by atoms with van der Waals surface area (Å²) in [5.41, 5.74) is 6.95. The molecule has 1 aliphatic heterocycles. The first-order valence-corrected chi connectivity index (χ1v) is 10.4. The van der Waals surface area contributed by atoms with Crippen molar-refractivity contribution in [3.8, 4) is 0 Å². The van der Waals surface area contributed by atoms with E-state index in [1.807, 2.05) is 0 Å². The van der Waals surface area contributed by atoms with Crippen LogP contribution in [0.25, 0.3) is 0 Å². The molecule has 1 aromatic carbocycles. The molecule has 7 nitrogen and oxygen atoms in total. The number of sulfonamides is 1. The number of hydrogen-bond acceptors (Lipinski definition) is 5. The summed E-state index contributed by atoms with van der Waals surface area (Å²) < 4.78 is 27.0. The van der Waals surface area contributed by atoms with Crippen LogP contribution in [0.5, 0.6) is 0 Å². The summed E-state index contributed by atoms with van der Waals surface area (Å²) in [6.45, 7) is 0.942. The van der Waals surface area contributed by atoms with Crippen LogP contribution in [0.1, 0.15) is 42.5 Å². The van der Waals surface area contributed by atoms with Gasteiger partial charge in [-0.2, -0.15) is 0 Å². The normalized spacial score (nSPS) is 29.2. The van der Waals surface area contributed by atoms with Gasteiger partial charge in [0, 0.05) is 30.2 Å². The Morgan fingerprint density at radius 2 is 1.76 bits per heavy atom. The molecule has 2 aliphatic carbocycles. The lowest BCUT2D eigenvalue weighted by Crippen LogP contribution is -2.44. The van der Waals surface area contributed by atoms with Crippen LogP contribution in [0.2, 0.25) is 0 Å². The van der Waals surface area contributed by atoms with E-state index >= 15 is 0 Å². The smallest absolute Gasteiger partial charge is 0.251 e. The van der Waals surface area contributed by atoms with Crippen molar-refractivity contribution >= 4 is 15.9 Å². The Bertz CT molecular complexity index is 746. The number of benzene rings is 1. The highest BCUT2D eigenvalue weighted by Crippen LogP contribution is 2.27. The summed E-state index contributed by atoms with van der Waals surface area (Å²) in [7, 11) is -3.47. The van der Waals surface area contributed by atoms with Crippen molar-refractivity contribution in [1.29, 1.82) is 0 Å². The van der Waals surface area contributed by atoms with E-state index in [0.29, 0.717) is 17.5 Å². The van der Waals surface area contributed by atoms with Crippen molar-refractivity contribution in [1.82, 2.24) is 20.9 Å². The van der Waals surface area contributed by atoms with Gasteiger partial charge in [0.25, 0.3) is 5.91 Å². The van der Waals surface area contributed by atoms with Crippen molar-refractivity contribution < 1.29 is 13.2 Å². The zero-order valence-corrected chi connectivity index (χ0v) is 14.8. The average molecular weight is 364 g/mol. The van der Waals surface area contributed by atoms with Crippen molar-refractivity contribution in [3.05, 3.63) is 29.8 Å². The number of nitrogens with one attached hydrogen (secondary N) is 4. The maximum absolute atomic E-state index is 12.4. The molecule has 3 aliphatic rings. The number of fused-ring (bicyclic) bond motifs is 1. The summed E-state index contributed by atoms with van der Waals surface area (Å²) in [4.78, 5) is 12.7. The molecular formula is C17H24N4O3S. The van der Waals surface area contributed by atoms with E-state index in [2.05, 4.69) is 20.9 Å². The van der Waals surface area contributed by atoms with Gasteiger partial charge in [-0.05, 0) is 62.3 Å². The molecule has 136 valence electrons. The zero-order valence-electron chi connectivity index (χ0n) is 14.0. The first-order valence-electron chi connectivity index (χ1n) is 8.93. The molecule has 1 aromatic rings. The monoisotopic (exact) mass is 364 g/mol. The van der Waals surface area contributed by atoms with Gasteiger partial charge in [-0.25, -0.2) is 13.1 Å². The zero-order chi connectivity index (χ0) is 17.4. The third-order valence-electron chi connectivity index (χ3n) is 5.30. The average Bonchev–Trinajstić information content (AvgIpc) is 3.27. The van der Waals surface area contributed by atoms with Crippen molar-refractivity contribution in [3.63, 3.8) is 0 Å². The van der Waals surface area contributed by atoms with Gasteiger partial charge in [-0.3, -0.25) is 15.6 Å². The molecule has 1 heterocycles. The van der Waals surface area contributed by atoms with E-state index in [1.165, 1.54) is 12.1 Å². The molecule has 0 spiro atoms. The molecular weight excluding hydrogens is 340 g/mol. The van der Waals surface area contributed by atoms with Gasteiger partial charge in [0.05, 0.1) is 4.90 Å². The second kappa shape index (κ2) is 6.68. The Balaban J connectivity index is 1.37. The van der Waals surface area contributed by atoms with Crippen LogP contribution in [0.15, 0.2) is 29.2 Å². The fourth-order valence-electron chi connectivity index (χ4n) is 3.67. The molecule has 2 saturated carbocycles. The van der Waals surface area contributed by atoms with Crippen LogP contribution in [0.3, 0.4) is 0 Å². The minimum Gasteiger partial charge on any atom is -0.349 e. The second-order valence-electron chi connectivity index (χ2n) is 7.30. The van der Waals surface area contributed by atoms with Crippen molar-refractivity contribution in [2.75, 3.05) is 6.54 Å². The molecule has 4 rings (SSSR count). The molecule has 3 unspecified atom stereocenters. The number of rotatable bonds is 5. The third-order valence-corrected chi connectivity index (χ3v) is 6.83. The Labute approximate surface area is 148 Å². The molecule has 25 heavy (non-hydrogen) atoms. The molecule has 3 atom stereocenters. The van der Waals surface area contributed by atoms with Gasteiger partial charge < -0.3 is 5.32 Å². The summed E-state index contributed by atoms with van der Waals surface area (Å²) >= 11 is 0. The number of amides is 1. The number of hydrazine groups is 1. The highest BCUT2D eigenvalue weighted by atomic mass is 32.2. The molecule has 8 heteroatoms. The van der Waals surface area contributed by atoms with E-state index in [-0.39, 0.29) is 22.9 Å². The number of carbonyl (C=O) groups excluding carboxylic acids is 1. The maximum Gasteiger partial charge on any atom is 0.251 e. The molecule has 4 N–H and O–H groups in total. The van der Waals surface area contributed by atoms with Gasteiger partial charge in [0.1, 0.15) is 0 Å². The molecule has 3 fully saturated rings. The van der Waals surface area contributed by atoms with Gasteiger partial charge in [0.2, 0.25) is 10.0 Å². The van der Waals surface area contributed by atoms with Crippen LogP contribution < -0.4 is 20.9 Å². The Hall–Kier alpha value is -1.48. The lowest BCUT2D eigenvalue weighted by molar-refractivity contribution is 0.0918. The van der Waals surface area contributed by atoms with Gasteiger partial charge >= 0.3 is 0 Å².